The molecule has 2 aromatic heterocycles. The molecule has 7 nitrogen and oxygen atoms in total. The molecule has 2 N–H and O–H groups in total. The Bertz CT molecular complexity index is 1230. The minimum atomic E-state index is -0.469. The fourth-order valence-corrected chi connectivity index (χ4v) is 3.38. The monoisotopic (exact) mass is 412 g/mol. The molecule has 0 radical (unpaired) electrons. The van der Waals surface area contributed by atoms with Gasteiger partial charge >= 0.3 is 0 Å². The summed E-state index contributed by atoms with van der Waals surface area (Å²) < 4.78 is 21.5. The Morgan fingerprint density at radius 2 is 1.90 bits per heavy atom. The van der Waals surface area contributed by atoms with Crippen LogP contribution in [0.4, 0.5) is 10.2 Å². The summed E-state index contributed by atoms with van der Waals surface area (Å²) in [5, 5.41) is 4.91. The highest BCUT2D eigenvalue weighted by molar-refractivity contribution is 6.32. The molecular weight excluding hydrogens is 395 g/mol. The Morgan fingerprint density at radius 1 is 1.14 bits per heavy atom. The first-order chi connectivity index (χ1) is 13.9. The first-order valence-corrected chi connectivity index (χ1v) is 9.25. The van der Waals surface area contributed by atoms with E-state index in [1.54, 1.807) is 37.1 Å². The maximum atomic E-state index is 13.8. The number of anilines is 1. The molecule has 9 heteroatoms. The van der Waals surface area contributed by atoms with E-state index < -0.39 is 11.9 Å². The van der Waals surface area contributed by atoms with Gasteiger partial charge in [0.25, 0.3) is 0 Å². The zero-order valence-corrected chi connectivity index (χ0v) is 16.8. The molecule has 1 atom stereocenters. The summed E-state index contributed by atoms with van der Waals surface area (Å²) in [7, 11) is 1.79. The third-order valence-corrected chi connectivity index (χ3v) is 5.16. The van der Waals surface area contributed by atoms with Crippen molar-refractivity contribution in [2.75, 3.05) is 5.73 Å². The van der Waals surface area contributed by atoms with Crippen LogP contribution in [0.5, 0.6) is 5.75 Å². The molecule has 4 aromatic rings. The Hall–Kier alpha value is -3.26. The van der Waals surface area contributed by atoms with Crippen molar-refractivity contribution in [2.24, 2.45) is 7.05 Å². The van der Waals surface area contributed by atoms with Crippen LogP contribution in [0.2, 0.25) is 5.02 Å². The Balaban J connectivity index is 1.86. The largest absolute Gasteiger partial charge is 0.482 e. The lowest BCUT2D eigenvalue weighted by Gasteiger charge is -2.17. The van der Waals surface area contributed by atoms with Crippen LogP contribution in [0.15, 0.2) is 36.9 Å². The van der Waals surface area contributed by atoms with Crippen LogP contribution < -0.4 is 10.5 Å². The lowest BCUT2D eigenvalue weighted by atomic mass is 9.97. The third kappa shape index (κ3) is 3.36. The summed E-state index contributed by atoms with van der Waals surface area (Å²) in [6, 6.07) is 6.64. The van der Waals surface area contributed by atoms with Gasteiger partial charge in [0.05, 0.1) is 15.9 Å². The van der Waals surface area contributed by atoms with E-state index in [1.807, 2.05) is 13.0 Å². The molecule has 0 fully saturated rings. The van der Waals surface area contributed by atoms with E-state index in [9.17, 15) is 4.39 Å². The van der Waals surface area contributed by atoms with Crippen molar-refractivity contribution in [2.45, 2.75) is 20.0 Å². The number of nitrogens with two attached hydrogens (primary N) is 1. The zero-order valence-electron chi connectivity index (χ0n) is 16.0. The van der Waals surface area contributed by atoms with Crippen molar-refractivity contribution in [3.05, 3.63) is 59.1 Å². The van der Waals surface area contributed by atoms with Gasteiger partial charge in [-0.3, -0.25) is 4.68 Å². The summed E-state index contributed by atoms with van der Waals surface area (Å²) in [6.07, 6.45) is 2.58. The highest BCUT2D eigenvalue weighted by atomic mass is 35.5. The number of fused-ring (bicyclic) bond motifs is 1. The fourth-order valence-electron chi connectivity index (χ4n) is 3.21. The quantitative estimate of drug-likeness (QED) is 0.538. The number of hydrogen-bond acceptors (Lipinski definition) is 6. The van der Waals surface area contributed by atoms with E-state index in [0.717, 1.165) is 11.1 Å². The van der Waals surface area contributed by atoms with E-state index in [1.165, 1.54) is 12.4 Å². The molecule has 148 valence electrons. The number of ether oxygens (including phenoxy) is 1. The average molecular weight is 413 g/mol. The summed E-state index contributed by atoms with van der Waals surface area (Å²) in [6.45, 7) is 3.61. The first-order valence-electron chi connectivity index (χ1n) is 8.87. The van der Waals surface area contributed by atoms with Gasteiger partial charge < -0.3 is 10.5 Å². The average Bonchev–Trinajstić information content (AvgIpc) is 3.14. The molecule has 4 rings (SSSR count). The number of nitrogens with zero attached hydrogens (tertiary/aromatic N) is 5. The SMILES string of the molecule is Cc1c(-c2ccc(O[C@@H](C)c3ncn(C)n3)c3c(N)ncnc23)ccc(F)c1Cl. The Kier molecular flexibility index (Phi) is 4.79. The Morgan fingerprint density at radius 3 is 2.62 bits per heavy atom. The maximum absolute atomic E-state index is 13.8. The summed E-state index contributed by atoms with van der Waals surface area (Å²) in [4.78, 5) is 12.7. The third-order valence-electron chi connectivity index (χ3n) is 4.69. The van der Waals surface area contributed by atoms with Crippen molar-refractivity contribution in [3.8, 4) is 16.9 Å². The molecule has 29 heavy (non-hydrogen) atoms. The zero-order chi connectivity index (χ0) is 20.7. The van der Waals surface area contributed by atoms with Gasteiger partial charge in [-0.25, -0.2) is 19.3 Å². The highest BCUT2D eigenvalue weighted by Gasteiger charge is 2.19. The predicted molar refractivity (Wildman–Crippen MR) is 109 cm³/mol. The van der Waals surface area contributed by atoms with Crippen LogP contribution in [0.3, 0.4) is 0 Å². The van der Waals surface area contributed by atoms with Gasteiger partial charge in [0.2, 0.25) is 0 Å². The molecule has 0 aliphatic carbocycles. The van der Waals surface area contributed by atoms with Crippen LogP contribution in [0.25, 0.3) is 22.0 Å². The molecule has 0 saturated carbocycles. The lowest BCUT2D eigenvalue weighted by molar-refractivity contribution is 0.219. The predicted octanol–water partition coefficient (Wildman–Crippen LogP) is 4.25. The standard InChI is InChI=1S/C20H18ClFN6O/c1-10-12(4-6-14(22)17(10)21)13-5-7-15(16-18(13)24-8-25-19(16)23)29-11(2)20-26-9-28(3)27-20/h4-9,11H,1-3H3,(H2,23,24,25)/t11-/m0/s1. The molecule has 2 aromatic carbocycles. The number of rotatable bonds is 4. The lowest BCUT2D eigenvalue weighted by Crippen LogP contribution is -2.07. The van der Waals surface area contributed by atoms with Crippen LogP contribution in [-0.4, -0.2) is 24.7 Å². The molecule has 2 heterocycles. The molecular formula is C20H18ClFN6O. The minimum absolute atomic E-state index is 0.0767. The van der Waals surface area contributed by atoms with Gasteiger partial charge in [0, 0.05) is 12.6 Å². The topological polar surface area (TPSA) is 91.7 Å². The minimum Gasteiger partial charge on any atom is -0.482 e. The molecule has 0 aliphatic rings. The van der Waals surface area contributed by atoms with E-state index in [-0.39, 0.29) is 10.8 Å². The van der Waals surface area contributed by atoms with Crippen LogP contribution >= 0.6 is 11.6 Å². The molecule has 0 unspecified atom stereocenters. The smallest absolute Gasteiger partial charge is 0.191 e. The van der Waals surface area contributed by atoms with Gasteiger partial charge in [0.1, 0.15) is 30.0 Å². The molecule has 0 aliphatic heterocycles. The van der Waals surface area contributed by atoms with Crippen LogP contribution in [-0.2, 0) is 7.05 Å². The van der Waals surface area contributed by atoms with Gasteiger partial charge in [0.15, 0.2) is 11.9 Å². The van der Waals surface area contributed by atoms with E-state index in [2.05, 4.69) is 20.1 Å². The second kappa shape index (κ2) is 7.29. The number of aryl methyl sites for hydroxylation is 1. The fraction of sp³-hybridized carbons (Fsp3) is 0.200. The summed E-state index contributed by atoms with van der Waals surface area (Å²) in [5.74, 6) is 0.857. The van der Waals surface area contributed by atoms with Crippen molar-refractivity contribution in [3.63, 3.8) is 0 Å². The number of aromatic nitrogens is 5. The number of nitrogen functional groups attached to an aromatic ring is 1. The first kappa shape index (κ1) is 19.1. The number of hydrogen-bond donors (Lipinski definition) is 1. The van der Waals surface area contributed by atoms with Crippen molar-refractivity contribution >= 4 is 28.3 Å². The van der Waals surface area contributed by atoms with Gasteiger partial charge in [-0.1, -0.05) is 17.7 Å². The van der Waals surface area contributed by atoms with Crippen molar-refractivity contribution in [1.82, 2.24) is 24.7 Å². The molecule has 0 spiro atoms. The van der Waals surface area contributed by atoms with Crippen LogP contribution in [0.1, 0.15) is 24.4 Å². The molecule has 0 bridgehead atoms. The molecule has 0 amide bonds. The second-order valence-corrected chi connectivity index (χ2v) is 7.04. The van der Waals surface area contributed by atoms with Gasteiger partial charge in [-0.15, -0.1) is 0 Å². The van der Waals surface area contributed by atoms with E-state index >= 15 is 0 Å². The second-order valence-electron chi connectivity index (χ2n) is 6.66. The summed E-state index contributed by atoms with van der Waals surface area (Å²) in [5.41, 5.74) is 8.87. The van der Waals surface area contributed by atoms with Gasteiger partial charge in [-0.05, 0) is 43.2 Å². The Labute approximate surface area is 171 Å². The highest BCUT2D eigenvalue weighted by Crippen LogP contribution is 2.39. The van der Waals surface area contributed by atoms with E-state index in [4.69, 9.17) is 22.1 Å². The molecule has 0 saturated heterocycles. The van der Waals surface area contributed by atoms with Gasteiger partial charge in [-0.2, -0.15) is 5.10 Å². The van der Waals surface area contributed by atoms with Crippen molar-refractivity contribution in [1.29, 1.82) is 0 Å². The number of halogens is 2. The normalized spacial score (nSPS) is 12.3. The van der Waals surface area contributed by atoms with Crippen molar-refractivity contribution < 1.29 is 9.13 Å². The maximum Gasteiger partial charge on any atom is 0.191 e. The van der Waals surface area contributed by atoms with Crippen LogP contribution in [0, 0.1) is 12.7 Å². The van der Waals surface area contributed by atoms with E-state index in [0.29, 0.717) is 28.0 Å². The number of benzene rings is 2. The summed E-state index contributed by atoms with van der Waals surface area (Å²) >= 11 is 6.11.